The molecule has 0 saturated carbocycles. The molecular weight excluding hydrogens is 719 g/mol. The Hall–Kier alpha value is -2.96. The predicted octanol–water partition coefficient (Wildman–Crippen LogP) is 14.0. The number of unbranched alkanes of at least 4 members (excludes halogenated alkanes) is 16. The van der Waals surface area contributed by atoms with Gasteiger partial charge in [0.25, 0.3) is 0 Å². The number of esters is 1. The molecule has 0 aromatic rings. The molecule has 0 radical (unpaired) electrons. The van der Waals surface area contributed by atoms with E-state index >= 15 is 0 Å². The fourth-order valence-electron chi connectivity index (χ4n) is 6.62. The van der Waals surface area contributed by atoms with Crippen LogP contribution in [0.4, 0.5) is 0 Å². The van der Waals surface area contributed by atoms with E-state index < -0.39 is 18.2 Å². The zero-order valence-electron chi connectivity index (χ0n) is 37.6. The third kappa shape index (κ3) is 39.8. The number of nitrogens with one attached hydrogen (secondary N) is 1. The van der Waals surface area contributed by atoms with Crippen LogP contribution in [0.1, 0.15) is 207 Å². The smallest absolute Gasteiger partial charge is 0.306 e. The first kappa shape index (κ1) is 55.0. The summed E-state index contributed by atoms with van der Waals surface area (Å²) in [6.45, 7) is 6.29. The number of carbonyl (C=O) groups is 2. The lowest BCUT2D eigenvalue weighted by Crippen LogP contribution is -2.46. The van der Waals surface area contributed by atoms with Crippen LogP contribution in [-0.2, 0) is 14.3 Å². The summed E-state index contributed by atoms with van der Waals surface area (Å²) in [4.78, 5) is 26.0. The number of allylic oxidation sites excluding steroid dienone is 13. The van der Waals surface area contributed by atoms with E-state index in [1.807, 2.05) is 18.2 Å². The Morgan fingerprint density at radius 2 is 0.966 bits per heavy atom. The molecule has 3 atom stereocenters. The van der Waals surface area contributed by atoms with E-state index in [1.165, 1.54) is 89.9 Å². The van der Waals surface area contributed by atoms with Gasteiger partial charge in [-0.15, -0.1) is 0 Å². The molecule has 0 aromatic heterocycles. The summed E-state index contributed by atoms with van der Waals surface area (Å²) in [7, 11) is 0. The minimum Gasteiger partial charge on any atom is -0.461 e. The largest absolute Gasteiger partial charge is 0.461 e. The number of carbonyl (C=O) groups excluding carboxylic acids is 2. The molecule has 0 aliphatic rings. The van der Waals surface area contributed by atoms with E-state index in [9.17, 15) is 19.8 Å². The minimum atomic E-state index is -0.823. The van der Waals surface area contributed by atoms with Gasteiger partial charge in [-0.05, 0) is 64.2 Å². The number of aliphatic hydroxyl groups excluding tert-OH is 2. The third-order valence-electron chi connectivity index (χ3n) is 10.2. The van der Waals surface area contributed by atoms with Gasteiger partial charge in [-0.3, -0.25) is 9.59 Å². The fourth-order valence-corrected chi connectivity index (χ4v) is 6.62. The standard InChI is InChI=1S/C52H89NO5/c1-4-7-10-13-16-19-22-24-25-27-29-31-34-37-40-43-48(58-52(57)45-42-39-36-33-30-26-23-20-17-14-11-8-5-2)46-51(56)53-49(47-54)50(55)44-41-38-35-32-28-21-18-15-12-9-6-3/h7,10,16,19,24-26,29-31,36-37,39-40,48-50,54-55H,4-6,8-9,11-15,17-18,20-23,27-28,32-35,38,41-47H2,1-3H3,(H,53,56)/b10-7-,19-16-,25-24-,30-26-,31-29-,39-36+,40-37-. The third-order valence-corrected chi connectivity index (χ3v) is 10.2. The fraction of sp³-hybridized carbons (Fsp3) is 0.692. The van der Waals surface area contributed by atoms with Crippen LogP contribution in [0.25, 0.3) is 0 Å². The van der Waals surface area contributed by atoms with Crippen molar-refractivity contribution >= 4 is 11.9 Å². The van der Waals surface area contributed by atoms with Crippen molar-refractivity contribution in [2.24, 2.45) is 0 Å². The molecule has 3 unspecified atom stereocenters. The number of ether oxygens (including phenoxy) is 1. The lowest BCUT2D eigenvalue weighted by Gasteiger charge is -2.24. The van der Waals surface area contributed by atoms with Gasteiger partial charge in [0.1, 0.15) is 6.10 Å². The van der Waals surface area contributed by atoms with Crippen LogP contribution in [0.3, 0.4) is 0 Å². The monoisotopic (exact) mass is 808 g/mol. The summed E-state index contributed by atoms with van der Waals surface area (Å²) in [6.07, 6.45) is 58.1. The highest BCUT2D eigenvalue weighted by Gasteiger charge is 2.23. The molecule has 0 heterocycles. The first-order valence-corrected chi connectivity index (χ1v) is 23.8. The molecule has 58 heavy (non-hydrogen) atoms. The van der Waals surface area contributed by atoms with E-state index in [4.69, 9.17) is 4.74 Å². The zero-order chi connectivity index (χ0) is 42.4. The van der Waals surface area contributed by atoms with Crippen LogP contribution in [-0.4, -0.2) is 46.9 Å². The van der Waals surface area contributed by atoms with Crippen molar-refractivity contribution in [1.29, 1.82) is 0 Å². The number of hydrogen-bond acceptors (Lipinski definition) is 5. The van der Waals surface area contributed by atoms with Crippen molar-refractivity contribution in [1.82, 2.24) is 5.32 Å². The van der Waals surface area contributed by atoms with Gasteiger partial charge in [-0.2, -0.15) is 0 Å². The Morgan fingerprint density at radius 3 is 1.47 bits per heavy atom. The number of hydrogen-bond donors (Lipinski definition) is 3. The number of aliphatic hydroxyl groups is 2. The van der Waals surface area contributed by atoms with Gasteiger partial charge < -0.3 is 20.3 Å². The molecule has 3 N–H and O–H groups in total. The van der Waals surface area contributed by atoms with E-state index in [-0.39, 0.29) is 31.3 Å². The molecular formula is C52H89NO5. The Morgan fingerprint density at radius 1 is 0.534 bits per heavy atom. The Bertz CT molecular complexity index is 1130. The van der Waals surface area contributed by atoms with Gasteiger partial charge in [0.15, 0.2) is 0 Å². The molecule has 1 amide bonds. The van der Waals surface area contributed by atoms with E-state index in [0.29, 0.717) is 19.3 Å². The molecule has 0 aliphatic heterocycles. The van der Waals surface area contributed by atoms with Crippen LogP contribution >= 0.6 is 0 Å². The zero-order valence-corrected chi connectivity index (χ0v) is 37.6. The van der Waals surface area contributed by atoms with Crippen molar-refractivity contribution in [3.63, 3.8) is 0 Å². The molecule has 332 valence electrons. The first-order valence-electron chi connectivity index (χ1n) is 23.8. The average molecular weight is 808 g/mol. The lowest BCUT2D eigenvalue weighted by molar-refractivity contribution is -0.150. The van der Waals surface area contributed by atoms with Gasteiger partial charge in [-0.1, -0.05) is 209 Å². The summed E-state index contributed by atoms with van der Waals surface area (Å²) >= 11 is 0. The minimum absolute atomic E-state index is 0.0268. The maximum atomic E-state index is 13.1. The molecule has 0 rings (SSSR count). The number of rotatable bonds is 41. The van der Waals surface area contributed by atoms with Gasteiger partial charge >= 0.3 is 5.97 Å². The van der Waals surface area contributed by atoms with Crippen molar-refractivity contribution in [2.45, 2.75) is 225 Å². The van der Waals surface area contributed by atoms with Crippen LogP contribution in [0.5, 0.6) is 0 Å². The highest BCUT2D eigenvalue weighted by atomic mass is 16.5. The second kappa shape index (κ2) is 45.1. The Kier molecular flexibility index (Phi) is 42.8. The summed E-state index contributed by atoms with van der Waals surface area (Å²) in [5.74, 6) is -0.668. The first-order chi connectivity index (χ1) is 28.5. The maximum absolute atomic E-state index is 13.1. The summed E-state index contributed by atoms with van der Waals surface area (Å²) in [6, 6.07) is -0.745. The molecule has 0 fully saturated rings. The normalized spacial score (nSPS) is 14.1. The molecule has 0 aromatic carbocycles. The van der Waals surface area contributed by atoms with Gasteiger partial charge in [0, 0.05) is 12.8 Å². The topological polar surface area (TPSA) is 95.9 Å². The highest BCUT2D eigenvalue weighted by Crippen LogP contribution is 2.15. The molecule has 6 nitrogen and oxygen atoms in total. The van der Waals surface area contributed by atoms with E-state index in [0.717, 1.165) is 64.2 Å². The molecule has 0 saturated heterocycles. The molecule has 0 bridgehead atoms. The quantitative estimate of drug-likeness (QED) is 0.0325. The lowest BCUT2D eigenvalue weighted by atomic mass is 10.0. The maximum Gasteiger partial charge on any atom is 0.306 e. The number of amides is 1. The Labute approximate surface area is 357 Å². The van der Waals surface area contributed by atoms with Crippen LogP contribution in [0, 0.1) is 0 Å². The molecule has 0 aliphatic carbocycles. The Balaban J connectivity index is 4.85. The molecule has 6 heteroatoms. The van der Waals surface area contributed by atoms with Crippen LogP contribution in [0.2, 0.25) is 0 Å². The summed E-state index contributed by atoms with van der Waals surface area (Å²) in [5, 5.41) is 23.6. The average Bonchev–Trinajstić information content (AvgIpc) is 3.22. The van der Waals surface area contributed by atoms with Gasteiger partial charge in [-0.25, -0.2) is 0 Å². The van der Waals surface area contributed by atoms with Crippen LogP contribution < -0.4 is 5.32 Å². The van der Waals surface area contributed by atoms with Gasteiger partial charge in [0.2, 0.25) is 5.91 Å². The highest BCUT2D eigenvalue weighted by molar-refractivity contribution is 5.77. The van der Waals surface area contributed by atoms with Gasteiger partial charge in [0.05, 0.1) is 25.2 Å². The van der Waals surface area contributed by atoms with Crippen molar-refractivity contribution in [3.8, 4) is 0 Å². The summed E-state index contributed by atoms with van der Waals surface area (Å²) < 4.78 is 5.81. The van der Waals surface area contributed by atoms with Crippen LogP contribution in [0.15, 0.2) is 85.1 Å². The SMILES string of the molecule is CC/C=C\C/C=C\C/C=C\C/C=C\C/C=C\CC(CC(=O)NC(CO)C(O)CCCCCCCCCCCCC)OC(=O)CC/C=C/C/C=C\CCCCCCCC. The second-order valence-electron chi connectivity index (χ2n) is 15.8. The van der Waals surface area contributed by atoms with Crippen molar-refractivity contribution in [2.75, 3.05) is 6.61 Å². The molecule has 0 spiro atoms. The van der Waals surface area contributed by atoms with Crippen molar-refractivity contribution in [3.05, 3.63) is 85.1 Å². The van der Waals surface area contributed by atoms with E-state index in [2.05, 4.69) is 92.9 Å². The summed E-state index contributed by atoms with van der Waals surface area (Å²) in [5.41, 5.74) is 0. The second-order valence-corrected chi connectivity index (χ2v) is 15.8. The van der Waals surface area contributed by atoms with E-state index in [1.54, 1.807) is 0 Å². The van der Waals surface area contributed by atoms with Crippen molar-refractivity contribution < 1.29 is 24.5 Å². The predicted molar refractivity (Wildman–Crippen MR) is 250 cm³/mol.